The summed E-state index contributed by atoms with van der Waals surface area (Å²) in [4.78, 5) is 78.3. The summed E-state index contributed by atoms with van der Waals surface area (Å²) >= 11 is 0. The van der Waals surface area contributed by atoms with Gasteiger partial charge >= 0.3 is 6.09 Å². The molecule has 3 heterocycles. The maximum absolute atomic E-state index is 13.2. The van der Waals surface area contributed by atoms with Crippen LogP contribution in [0.15, 0.2) is 42.5 Å². The number of fused-ring (bicyclic) bond motifs is 1. The van der Waals surface area contributed by atoms with Crippen molar-refractivity contribution in [2.45, 2.75) is 109 Å². The first-order valence-corrected chi connectivity index (χ1v) is 18.4. The highest BCUT2D eigenvalue weighted by Crippen LogP contribution is 2.33. The molecule has 0 spiro atoms. The lowest BCUT2D eigenvalue weighted by atomic mass is 10.0. The first-order chi connectivity index (χ1) is 24.9. The number of unbranched alkanes of at least 4 members (excludes halogenated alkanes) is 4. The lowest BCUT2D eigenvalue weighted by Crippen LogP contribution is -2.54. The van der Waals surface area contributed by atoms with Crippen molar-refractivity contribution in [3.8, 4) is 5.75 Å². The molecule has 0 saturated carbocycles. The van der Waals surface area contributed by atoms with E-state index in [0.29, 0.717) is 6.54 Å². The minimum absolute atomic E-state index is 0.00364. The van der Waals surface area contributed by atoms with Crippen LogP contribution >= 0.6 is 0 Å². The van der Waals surface area contributed by atoms with Gasteiger partial charge < -0.3 is 25.0 Å². The molecule has 2 saturated heterocycles. The average molecular weight is 718 g/mol. The predicted molar refractivity (Wildman–Crippen MR) is 193 cm³/mol. The largest absolute Gasteiger partial charge is 0.483 e. The van der Waals surface area contributed by atoms with Gasteiger partial charge in [-0.2, -0.15) is 0 Å². The second-order valence-electron chi connectivity index (χ2n) is 14.8. The van der Waals surface area contributed by atoms with Crippen LogP contribution in [-0.2, 0) is 32.1 Å². The van der Waals surface area contributed by atoms with E-state index in [4.69, 9.17) is 9.47 Å². The SMILES string of the molecule is CC(C)(C)OC(=O)NC1CCN(CCCCCCCc2cccc(CNC(=O)COc3cccc4c3C(=O)N(C3CCC(=O)NC3=O)C4=O)c2)CC1. The molecule has 2 fully saturated rings. The Balaban J connectivity index is 0.960. The van der Waals surface area contributed by atoms with Crippen LogP contribution in [0, 0.1) is 0 Å². The van der Waals surface area contributed by atoms with Crippen LogP contribution in [0.3, 0.4) is 0 Å². The van der Waals surface area contributed by atoms with Gasteiger partial charge in [0.25, 0.3) is 17.7 Å². The van der Waals surface area contributed by atoms with Crippen molar-refractivity contribution in [3.63, 3.8) is 0 Å². The number of nitrogens with one attached hydrogen (secondary N) is 3. The topological polar surface area (TPSA) is 163 Å². The number of piperidine rings is 2. The van der Waals surface area contributed by atoms with E-state index in [2.05, 4.69) is 33.0 Å². The van der Waals surface area contributed by atoms with Crippen LogP contribution in [0.2, 0.25) is 0 Å². The number of likely N-dealkylation sites (tertiary alicyclic amines) is 1. The minimum atomic E-state index is -1.08. The summed E-state index contributed by atoms with van der Waals surface area (Å²) in [5.74, 6) is -2.77. The van der Waals surface area contributed by atoms with Gasteiger partial charge in [0.2, 0.25) is 11.8 Å². The number of hydrogen-bond acceptors (Lipinski definition) is 9. The lowest BCUT2D eigenvalue weighted by Gasteiger charge is -2.32. The molecular formula is C39H51N5O8. The smallest absolute Gasteiger partial charge is 0.407 e. The fourth-order valence-corrected chi connectivity index (χ4v) is 6.86. The van der Waals surface area contributed by atoms with Gasteiger partial charge in [-0.25, -0.2) is 4.79 Å². The summed E-state index contributed by atoms with van der Waals surface area (Å²) in [5.41, 5.74) is 1.80. The van der Waals surface area contributed by atoms with Gasteiger partial charge in [-0.15, -0.1) is 0 Å². The van der Waals surface area contributed by atoms with Crippen molar-refractivity contribution in [1.82, 2.24) is 25.8 Å². The standard InChI is InChI=1S/C39H51N5O8/c1-39(2,3)52-38(50)41-28-18-21-43(22-19-28)20-8-6-4-5-7-11-26-12-9-13-27(23-26)24-40-33(46)25-51-31-15-10-14-29-34(31)37(49)44(36(29)48)30-16-17-32(45)42-35(30)47/h9-10,12-15,23,28,30H,4-8,11,16-22,24-25H2,1-3H3,(H,40,46)(H,41,50)(H,42,45,47). The molecule has 0 aromatic heterocycles. The Morgan fingerprint density at radius 2 is 1.60 bits per heavy atom. The number of hydrogen-bond donors (Lipinski definition) is 3. The molecule has 52 heavy (non-hydrogen) atoms. The predicted octanol–water partition coefficient (Wildman–Crippen LogP) is 4.27. The Bertz CT molecular complexity index is 1650. The van der Waals surface area contributed by atoms with E-state index in [9.17, 15) is 28.8 Å². The number of benzene rings is 2. The van der Waals surface area contributed by atoms with Crippen molar-refractivity contribution in [3.05, 3.63) is 64.7 Å². The maximum atomic E-state index is 13.2. The first-order valence-electron chi connectivity index (χ1n) is 18.4. The van der Waals surface area contributed by atoms with Crippen molar-refractivity contribution in [1.29, 1.82) is 0 Å². The van der Waals surface area contributed by atoms with E-state index in [0.717, 1.165) is 62.2 Å². The third-order valence-corrected chi connectivity index (χ3v) is 9.52. The molecule has 0 radical (unpaired) electrons. The number of nitrogens with zero attached hydrogens (tertiary/aromatic N) is 2. The fourth-order valence-electron chi connectivity index (χ4n) is 6.86. The summed E-state index contributed by atoms with van der Waals surface area (Å²) in [6, 6.07) is 11.8. The second kappa shape index (κ2) is 17.6. The first kappa shape index (κ1) is 38.5. The van der Waals surface area contributed by atoms with E-state index in [1.54, 1.807) is 6.07 Å². The highest BCUT2D eigenvalue weighted by Gasteiger charge is 2.46. The fraction of sp³-hybridized carbons (Fsp3) is 0.538. The van der Waals surface area contributed by atoms with Gasteiger partial charge in [-0.05, 0) is 89.1 Å². The summed E-state index contributed by atoms with van der Waals surface area (Å²) < 4.78 is 11.1. The van der Waals surface area contributed by atoms with Crippen LogP contribution in [-0.4, -0.2) is 89.4 Å². The van der Waals surface area contributed by atoms with Crippen molar-refractivity contribution < 1.29 is 38.2 Å². The number of imide groups is 2. The van der Waals surface area contributed by atoms with E-state index in [-0.39, 0.29) is 54.4 Å². The normalized spacial score (nSPS) is 18.2. The molecule has 2 aromatic rings. The van der Waals surface area contributed by atoms with E-state index < -0.39 is 35.3 Å². The summed E-state index contributed by atoms with van der Waals surface area (Å²) in [7, 11) is 0. The van der Waals surface area contributed by atoms with Crippen molar-refractivity contribution >= 4 is 35.6 Å². The summed E-state index contributed by atoms with van der Waals surface area (Å²) in [6.07, 6.45) is 8.41. The molecular weight excluding hydrogens is 666 g/mol. The highest BCUT2D eigenvalue weighted by atomic mass is 16.6. The van der Waals surface area contributed by atoms with E-state index in [1.165, 1.54) is 37.0 Å². The van der Waals surface area contributed by atoms with E-state index >= 15 is 0 Å². The van der Waals surface area contributed by atoms with Crippen molar-refractivity contribution in [2.24, 2.45) is 0 Å². The summed E-state index contributed by atoms with van der Waals surface area (Å²) in [6.45, 7) is 8.65. The van der Waals surface area contributed by atoms with Gasteiger partial charge in [-0.3, -0.25) is 34.2 Å². The third-order valence-electron chi connectivity index (χ3n) is 9.52. The molecule has 2 aromatic carbocycles. The number of alkyl carbamates (subject to hydrolysis) is 1. The van der Waals surface area contributed by atoms with Gasteiger partial charge in [0.15, 0.2) is 6.61 Å². The molecule has 3 aliphatic heterocycles. The maximum Gasteiger partial charge on any atom is 0.407 e. The van der Waals surface area contributed by atoms with Gasteiger partial charge in [-0.1, -0.05) is 49.6 Å². The molecule has 5 rings (SSSR count). The van der Waals surface area contributed by atoms with Crippen LogP contribution in [0.25, 0.3) is 0 Å². The Morgan fingerprint density at radius 3 is 2.35 bits per heavy atom. The molecule has 13 heteroatoms. The Kier molecular flexibility index (Phi) is 13.0. The number of ether oxygens (including phenoxy) is 2. The van der Waals surface area contributed by atoms with Gasteiger partial charge in [0.1, 0.15) is 17.4 Å². The van der Waals surface area contributed by atoms with Crippen LogP contribution in [0.4, 0.5) is 4.79 Å². The molecule has 3 aliphatic rings. The second-order valence-corrected chi connectivity index (χ2v) is 14.8. The average Bonchev–Trinajstić information content (AvgIpc) is 3.35. The highest BCUT2D eigenvalue weighted by molar-refractivity contribution is 6.24. The number of amides is 6. The molecule has 1 atom stereocenters. The third kappa shape index (κ3) is 10.6. The molecule has 0 bridgehead atoms. The zero-order chi connectivity index (χ0) is 37.3. The number of aryl methyl sites for hydroxylation is 1. The van der Waals surface area contributed by atoms with Crippen molar-refractivity contribution in [2.75, 3.05) is 26.2 Å². The van der Waals surface area contributed by atoms with Gasteiger partial charge in [0.05, 0.1) is 11.1 Å². The molecule has 0 aliphatic carbocycles. The Hall–Kier alpha value is -4.78. The lowest BCUT2D eigenvalue weighted by molar-refractivity contribution is -0.136. The van der Waals surface area contributed by atoms with Crippen LogP contribution < -0.4 is 20.7 Å². The van der Waals surface area contributed by atoms with E-state index in [1.807, 2.05) is 32.9 Å². The minimum Gasteiger partial charge on any atom is -0.483 e. The monoisotopic (exact) mass is 717 g/mol. The zero-order valence-corrected chi connectivity index (χ0v) is 30.5. The number of carbonyl (C=O) groups excluding carboxylic acids is 6. The summed E-state index contributed by atoms with van der Waals surface area (Å²) in [5, 5.41) is 8.03. The molecule has 280 valence electrons. The molecule has 3 N–H and O–H groups in total. The quantitative estimate of drug-likeness (QED) is 0.180. The Morgan fingerprint density at radius 1 is 0.885 bits per heavy atom. The molecule has 1 unspecified atom stereocenters. The molecule has 6 amide bonds. The number of rotatable bonds is 15. The Labute approximate surface area is 305 Å². The van der Waals surface area contributed by atoms with Crippen LogP contribution in [0.5, 0.6) is 5.75 Å². The van der Waals surface area contributed by atoms with Gasteiger partial charge in [0, 0.05) is 32.1 Å². The molecule has 13 nitrogen and oxygen atoms in total. The van der Waals surface area contributed by atoms with Crippen LogP contribution in [0.1, 0.15) is 110 Å². The number of carbonyl (C=O) groups is 6. The zero-order valence-electron chi connectivity index (χ0n) is 30.5.